The number of esters is 2. The molecule has 1 unspecified atom stereocenters. The number of quaternary nitrogens is 1. The molecular weight excluding hydrogens is 750 g/mol. The summed E-state index contributed by atoms with van der Waals surface area (Å²) >= 11 is 0. The summed E-state index contributed by atoms with van der Waals surface area (Å²) < 4.78 is 34.3. The van der Waals surface area contributed by atoms with Gasteiger partial charge in [-0.2, -0.15) is 0 Å². The fourth-order valence-electron chi connectivity index (χ4n) is 6.18. The van der Waals surface area contributed by atoms with Gasteiger partial charge in [0.2, 0.25) is 0 Å². The van der Waals surface area contributed by atoms with Gasteiger partial charge in [-0.25, -0.2) is 4.57 Å². The molecule has 0 aliphatic rings. The number of unbranched alkanes of at least 4 members (excludes halogenated alkanes) is 20. The smallest absolute Gasteiger partial charge is 0.462 e. The molecule has 10 heteroatoms. The van der Waals surface area contributed by atoms with E-state index in [1.54, 1.807) is 0 Å². The average molecular weight is 839 g/mol. The Bertz CT molecular complexity index is 1130. The van der Waals surface area contributed by atoms with E-state index < -0.39 is 32.5 Å². The molecule has 0 amide bonds. The molecule has 0 heterocycles. The second-order valence-electron chi connectivity index (χ2n) is 16.8. The van der Waals surface area contributed by atoms with Crippen LogP contribution in [0.1, 0.15) is 194 Å². The van der Waals surface area contributed by atoms with Crippen LogP contribution in [0.2, 0.25) is 0 Å². The average Bonchev–Trinajstić information content (AvgIpc) is 3.17. The molecule has 9 nitrogen and oxygen atoms in total. The predicted octanol–water partition coefficient (Wildman–Crippen LogP) is 13.5. The van der Waals surface area contributed by atoms with E-state index in [2.05, 4.69) is 62.5 Å². The number of hydrogen-bond acceptors (Lipinski definition) is 7. The first-order valence-corrected chi connectivity index (χ1v) is 24.9. The van der Waals surface area contributed by atoms with Gasteiger partial charge in [-0.15, -0.1) is 0 Å². The number of hydrogen-bond donors (Lipinski definition) is 1. The molecule has 0 aromatic heterocycles. The van der Waals surface area contributed by atoms with Gasteiger partial charge in [-0.3, -0.25) is 18.6 Å². The van der Waals surface area contributed by atoms with E-state index in [1.165, 1.54) is 116 Å². The van der Waals surface area contributed by atoms with E-state index >= 15 is 0 Å². The molecule has 58 heavy (non-hydrogen) atoms. The molecule has 0 saturated heterocycles. The molecule has 0 saturated carbocycles. The van der Waals surface area contributed by atoms with Gasteiger partial charge >= 0.3 is 19.8 Å². The van der Waals surface area contributed by atoms with Crippen LogP contribution in [-0.2, 0) is 32.7 Å². The van der Waals surface area contributed by atoms with Gasteiger partial charge in [0.25, 0.3) is 0 Å². The highest BCUT2D eigenvalue weighted by Gasteiger charge is 2.27. The zero-order chi connectivity index (χ0) is 42.8. The van der Waals surface area contributed by atoms with Crippen molar-refractivity contribution in [2.45, 2.75) is 200 Å². The predicted molar refractivity (Wildman–Crippen MR) is 243 cm³/mol. The van der Waals surface area contributed by atoms with Crippen molar-refractivity contribution in [3.05, 3.63) is 48.6 Å². The summed E-state index contributed by atoms with van der Waals surface area (Å²) in [6.07, 6.45) is 47.3. The highest BCUT2D eigenvalue weighted by molar-refractivity contribution is 7.47. The lowest BCUT2D eigenvalue weighted by molar-refractivity contribution is -0.870. The number of phosphoric acid groups is 1. The Kier molecular flexibility index (Phi) is 39.0. The van der Waals surface area contributed by atoms with E-state index in [9.17, 15) is 19.0 Å². The minimum atomic E-state index is -4.39. The zero-order valence-electron chi connectivity index (χ0n) is 38.0. The van der Waals surface area contributed by atoms with E-state index in [0.29, 0.717) is 23.9 Å². The van der Waals surface area contributed by atoms with Crippen molar-refractivity contribution in [1.29, 1.82) is 0 Å². The van der Waals surface area contributed by atoms with E-state index in [1.807, 2.05) is 21.1 Å². The summed E-state index contributed by atoms with van der Waals surface area (Å²) in [4.78, 5) is 35.4. The fraction of sp³-hybridized carbons (Fsp3) is 0.792. The highest BCUT2D eigenvalue weighted by Crippen LogP contribution is 2.43. The van der Waals surface area contributed by atoms with Crippen LogP contribution in [0.15, 0.2) is 48.6 Å². The van der Waals surface area contributed by atoms with Gasteiger partial charge in [0.1, 0.15) is 19.8 Å². The second kappa shape index (κ2) is 40.4. The molecule has 0 bridgehead atoms. The summed E-state index contributed by atoms with van der Waals surface area (Å²) in [6, 6.07) is 0. The van der Waals surface area contributed by atoms with Gasteiger partial charge in [0, 0.05) is 12.8 Å². The molecule has 0 aliphatic carbocycles. The minimum absolute atomic E-state index is 0.0233. The third kappa shape index (κ3) is 43.5. The van der Waals surface area contributed by atoms with Crippen LogP contribution in [0.5, 0.6) is 0 Å². The normalized spacial score (nSPS) is 14.0. The summed E-state index contributed by atoms with van der Waals surface area (Å²) in [5, 5.41) is 0. The zero-order valence-corrected chi connectivity index (χ0v) is 38.9. The van der Waals surface area contributed by atoms with Gasteiger partial charge in [-0.1, -0.05) is 178 Å². The van der Waals surface area contributed by atoms with Crippen LogP contribution in [0.4, 0.5) is 0 Å². The molecule has 0 spiro atoms. The Labute approximate surface area is 356 Å². The second-order valence-corrected chi connectivity index (χ2v) is 18.2. The van der Waals surface area contributed by atoms with Crippen LogP contribution in [0, 0.1) is 0 Å². The van der Waals surface area contributed by atoms with Crippen molar-refractivity contribution >= 4 is 19.8 Å². The molecule has 0 aliphatic heterocycles. The fourth-order valence-corrected chi connectivity index (χ4v) is 6.92. The maximum Gasteiger partial charge on any atom is 0.472 e. The Hall–Kier alpha value is -2.03. The van der Waals surface area contributed by atoms with Crippen molar-refractivity contribution in [1.82, 2.24) is 0 Å². The van der Waals surface area contributed by atoms with Gasteiger partial charge in [-0.05, 0) is 51.4 Å². The summed E-state index contributed by atoms with van der Waals surface area (Å²) in [5.74, 6) is -0.860. The lowest BCUT2D eigenvalue weighted by Gasteiger charge is -2.24. The van der Waals surface area contributed by atoms with Crippen LogP contribution in [0.3, 0.4) is 0 Å². The first kappa shape index (κ1) is 56.0. The van der Waals surface area contributed by atoms with Crippen molar-refractivity contribution in [3.63, 3.8) is 0 Å². The Balaban J connectivity index is 4.40. The number of phosphoric ester groups is 1. The molecule has 0 rings (SSSR count). The number of likely N-dealkylation sites (N-methyl/N-ethyl adjacent to an activating group) is 1. The molecule has 1 N–H and O–H groups in total. The van der Waals surface area contributed by atoms with Gasteiger partial charge in [0.05, 0.1) is 27.7 Å². The number of carbonyl (C=O) groups excluding carboxylic acids is 2. The third-order valence-electron chi connectivity index (χ3n) is 9.86. The van der Waals surface area contributed by atoms with E-state index in [-0.39, 0.29) is 26.1 Å². The van der Waals surface area contributed by atoms with E-state index in [0.717, 1.165) is 38.5 Å². The lowest BCUT2D eigenvalue weighted by atomic mass is 10.0. The molecule has 0 radical (unpaired) electrons. The van der Waals surface area contributed by atoms with Gasteiger partial charge < -0.3 is 18.9 Å². The molecule has 0 aromatic rings. The summed E-state index contributed by atoms with van der Waals surface area (Å²) in [5.41, 5.74) is 0. The van der Waals surface area contributed by atoms with Crippen LogP contribution < -0.4 is 0 Å². The summed E-state index contributed by atoms with van der Waals surface area (Å²) in [6.45, 7) is 4.34. The van der Waals surface area contributed by atoms with Crippen LogP contribution in [0.25, 0.3) is 0 Å². The lowest BCUT2D eigenvalue weighted by Crippen LogP contribution is -2.37. The highest BCUT2D eigenvalue weighted by atomic mass is 31.2. The molecule has 338 valence electrons. The van der Waals surface area contributed by atoms with E-state index in [4.69, 9.17) is 18.5 Å². The minimum Gasteiger partial charge on any atom is -0.462 e. The largest absolute Gasteiger partial charge is 0.472 e. The standard InChI is InChI=1S/C48H88NO8P/c1-6-8-10-12-14-16-18-20-22-24-26-28-30-32-34-36-38-40-47(50)54-44-46(45-56-58(52,53)55-43-42-49(3,4)5)57-48(51)41-39-37-35-33-31-29-27-25-23-21-19-17-15-13-11-9-7-2/h14,16,20,22,26,28,32,34,46H,6-13,15,17-19,21,23-25,27,29-31,33,35-45H2,1-5H3/p+1/b16-14-,22-20-,28-26-,34-32-/t46-/m1/s1. The monoisotopic (exact) mass is 839 g/mol. The number of rotatable bonds is 42. The molecule has 2 atom stereocenters. The Morgan fingerprint density at radius 2 is 0.948 bits per heavy atom. The maximum absolute atomic E-state index is 12.7. The molecular formula is C48H89NO8P+. The Morgan fingerprint density at radius 1 is 0.534 bits per heavy atom. The van der Waals surface area contributed by atoms with Crippen LogP contribution in [-0.4, -0.2) is 74.9 Å². The van der Waals surface area contributed by atoms with Crippen molar-refractivity contribution < 1.29 is 42.1 Å². The number of nitrogens with zero attached hydrogens (tertiary/aromatic N) is 1. The SMILES string of the molecule is CCCCC/C=C\C/C=C\C/C=C\C/C=C\CCCC(=O)OC[C@H](COP(=O)(O)OCC[N+](C)(C)C)OC(=O)CCCCCCCCCCCCCCCCCCC. The number of allylic oxidation sites excluding steroid dienone is 8. The summed E-state index contributed by atoms with van der Waals surface area (Å²) in [7, 11) is 1.45. The van der Waals surface area contributed by atoms with Crippen molar-refractivity contribution in [3.8, 4) is 0 Å². The quantitative estimate of drug-likeness (QED) is 0.0213. The van der Waals surface area contributed by atoms with Gasteiger partial charge in [0.15, 0.2) is 6.10 Å². The first-order valence-electron chi connectivity index (χ1n) is 23.4. The van der Waals surface area contributed by atoms with Crippen molar-refractivity contribution in [2.75, 3.05) is 47.5 Å². The maximum atomic E-state index is 12.7. The van der Waals surface area contributed by atoms with Crippen molar-refractivity contribution in [2.24, 2.45) is 0 Å². The van der Waals surface area contributed by atoms with Crippen LogP contribution >= 0.6 is 7.82 Å². The number of carbonyl (C=O) groups is 2. The topological polar surface area (TPSA) is 108 Å². The first-order chi connectivity index (χ1) is 28.0. The number of ether oxygens (including phenoxy) is 2. The molecule has 0 aromatic carbocycles. The third-order valence-corrected chi connectivity index (χ3v) is 10.8. The Morgan fingerprint density at radius 3 is 1.43 bits per heavy atom. The molecule has 0 fully saturated rings.